The Morgan fingerprint density at radius 3 is 2.77 bits per heavy atom. The van der Waals surface area contributed by atoms with E-state index in [2.05, 4.69) is 0 Å². The summed E-state index contributed by atoms with van der Waals surface area (Å²) in [4.78, 5) is 22.9. The summed E-state index contributed by atoms with van der Waals surface area (Å²) >= 11 is 0. The number of pyridine rings is 1. The van der Waals surface area contributed by atoms with Gasteiger partial charge in [0, 0.05) is 25.3 Å². The molecule has 0 radical (unpaired) electrons. The van der Waals surface area contributed by atoms with Gasteiger partial charge in [-0.3, -0.25) is 4.79 Å². The summed E-state index contributed by atoms with van der Waals surface area (Å²) in [5.74, 6) is -1.52. The van der Waals surface area contributed by atoms with Gasteiger partial charge in [-0.1, -0.05) is 6.42 Å². The van der Waals surface area contributed by atoms with Crippen LogP contribution in [-0.2, 0) is 16.6 Å². The fourth-order valence-corrected chi connectivity index (χ4v) is 4.41. The second kappa shape index (κ2) is 6.62. The van der Waals surface area contributed by atoms with Gasteiger partial charge in [-0.25, -0.2) is 13.2 Å². The third-order valence-corrected chi connectivity index (χ3v) is 5.90. The minimum absolute atomic E-state index is 0.0270. The summed E-state index contributed by atoms with van der Waals surface area (Å²) in [6, 6.07) is 2.62. The molecule has 0 unspecified atom stereocenters. The van der Waals surface area contributed by atoms with Crippen LogP contribution >= 0.6 is 0 Å². The molecule has 8 heteroatoms. The molecule has 0 aliphatic carbocycles. The lowest BCUT2D eigenvalue weighted by Gasteiger charge is -2.32. The van der Waals surface area contributed by atoms with E-state index < -0.39 is 21.6 Å². The molecule has 0 saturated carbocycles. The van der Waals surface area contributed by atoms with Gasteiger partial charge in [0.1, 0.15) is 5.56 Å². The summed E-state index contributed by atoms with van der Waals surface area (Å²) in [7, 11) is -3.45. The summed E-state index contributed by atoms with van der Waals surface area (Å²) in [6.07, 6.45) is 4.11. The van der Waals surface area contributed by atoms with E-state index in [1.165, 1.54) is 22.6 Å². The fraction of sp³-hybridized carbons (Fsp3) is 0.571. The topological polar surface area (TPSA) is 96.7 Å². The summed E-state index contributed by atoms with van der Waals surface area (Å²) < 4.78 is 27.4. The lowest BCUT2D eigenvalue weighted by molar-refractivity contribution is 0.0694. The van der Waals surface area contributed by atoms with Gasteiger partial charge < -0.3 is 9.67 Å². The van der Waals surface area contributed by atoms with E-state index in [1.807, 2.05) is 6.92 Å². The van der Waals surface area contributed by atoms with Crippen molar-refractivity contribution in [2.24, 2.45) is 0 Å². The SMILES string of the molecule is C[C@H]1CCCCN1S(=O)(=O)CCn1cccc(C(=O)O)c1=O. The number of aryl methyl sites for hydroxylation is 1. The van der Waals surface area contributed by atoms with Gasteiger partial charge in [0.05, 0.1) is 5.75 Å². The Morgan fingerprint density at radius 1 is 1.41 bits per heavy atom. The van der Waals surface area contributed by atoms with Crippen molar-refractivity contribution in [2.45, 2.75) is 38.8 Å². The molecule has 2 rings (SSSR count). The van der Waals surface area contributed by atoms with Crippen LogP contribution in [0.25, 0.3) is 0 Å². The number of hydrogen-bond acceptors (Lipinski definition) is 4. The predicted octanol–water partition coefficient (Wildman–Crippen LogP) is 0.751. The number of piperidine rings is 1. The van der Waals surface area contributed by atoms with E-state index in [0.717, 1.165) is 23.8 Å². The number of aromatic nitrogens is 1. The molecule has 0 spiro atoms. The van der Waals surface area contributed by atoms with Crippen LogP contribution in [-0.4, -0.2) is 46.7 Å². The summed E-state index contributed by atoms with van der Waals surface area (Å²) in [5, 5.41) is 8.92. The van der Waals surface area contributed by atoms with Crippen LogP contribution in [0.2, 0.25) is 0 Å². The van der Waals surface area contributed by atoms with Gasteiger partial charge in [-0.2, -0.15) is 4.31 Å². The molecule has 0 bridgehead atoms. The molecule has 22 heavy (non-hydrogen) atoms. The second-order valence-electron chi connectivity index (χ2n) is 5.50. The lowest BCUT2D eigenvalue weighted by Crippen LogP contribution is -2.44. The van der Waals surface area contributed by atoms with Crippen molar-refractivity contribution in [3.63, 3.8) is 0 Å². The third-order valence-electron chi connectivity index (χ3n) is 3.94. The van der Waals surface area contributed by atoms with E-state index in [4.69, 9.17) is 5.11 Å². The molecule has 1 fully saturated rings. The van der Waals surface area contributed by atoms with Gasteiger partial charge in [-0.05, 0) is 31.9 Å². The van der Waals surface area contributed by atoms with Crippen LogP contribution in [0.4, 0.5) is 0 Å². The van der Waals surface area contributed by atoms with E-state index in [-0.39, 0.29) is 23.9 Å². The number of carbonyl (C=O) groups is 1. The van der Waals surface area contributed by atoms with Gasteiger partial charge in [0.2, 0.25) is 10.0 Å². The van der Waals surface area contributed by atoms with Crippen LogP contribution in [0.1, 0.15) is 36.5 Å². The van der Waals surface area contributed by atoms with Gasteiger partial charge in [-0.15, -0.1) is 0 Å². The number of aromatic carboxylic acids is 1. The highest BCUT2D eigenvalue weighted by atomic mass is 32.2. The van der Waals surface area contributed by atoms with Crippen LogP contribution in [0, 0.1) is 0 Å². The first-order valence-corrected chi connectivity index (χ1v) is 8.86. The Balaban J connectivity index is 2.14. The van der Waals surface area contributed by atoms with Crippen molar-refractivity contribution in [3.05, 3.63) is 34.2 Å². The van der Waals surface area contributed by atoms with Gasteiger partial charge in [0.15, 0.2) is 0 Å². The zero-order valence-electron chi connectivity index (χ0n) is 12.4. The molecule has 1 atom stereocenters. The molecule has 0 aromatic carbocycles. The van der Waals surface area contributed by atoms with Crippen molar-refractivity contribution in [3.8, 4) is 0 Å². The van der Waals surface area contributed by atoms with Crippen LogP contribution in [0.3, 0.4) is 0 Å². The van der Waals surface area contributed by atoms with Crippen molar-refractivity contribution >= 4 is 16.0 Å². The van der Waals surface area contributed by atoms with Crippen molar-refractivity contribution in [1.29, 1.82) is 0 Å². The highest BCUT2D eigenvalue weighted by molar-refractivity contribution is 7.89. The number of sulfonamides is 1. The van der Waals surface area contributed by atoms with Crippen molar-refractivity contribution in [2.75, 3.05) is 12.3 Å². The maximum Gasteiger partial charge on any atom is 0.341 e. The highest BCUT2D eigenvalue weighted by Crippen LogP contribution is 2.20. The predicted molar refractivity (Wildman–Crippen MR) is 81.5 cm³/mol. The number of hydrogen-bond donors (Lipinski definition) is 1. The molecule has 1 saturated heterocycles. The monoisotopic (exact) mass is 328 g/mol. The molecule has 7 nitrogen and oxygen atoms in total. The molecule has 0 amide bonds. The second-order valence-corrected chi connectivity index (χ2v) is 7.54. The molecule has 1 aromatic rings. The average molecular weight is 328 g/mol. The Morgan fingerprint density at radius 2 is 2.14 bits per heavy atom. The molecular formula is C14H20N2O5S. The average Bonchev–Trinajstić information content (AvgIpc) is 2.46. The van der Waals surface area contributed by atoms with E-state index >= 15 is 0 Å². The lowest BCUT2D eigenvalue weighted by atomic mass is 10.1. The molecule has 1 aromatic heterocycles. The highest BCUT2D eigenvalue weighted by Gasteiger charge is 2.29. The maximum absolute atomic E-state index is 12.4. The molecule has 2 heterocycles. The van der Waals surface area contributed by atoms with Crippen molar-refractivity contribution in [1.82, 2.24) is 8.87 Å². The summed E-state index contributed by atoms with van der Waals surface area (Å²) in [6.45, 7) is 2.34. The van der Waals surface area contributed by atoms with E-state index in [9.17, 15) is 18.0 Å². The first-order chi connectivity index (χ1) is 10.3. The smallest absolute Gasteiger partial charge is 0.341 e. The number of carboxylic acid groups (broad SMARTS) is 1. The van der Waals surface area contributed by atoms with E-state index in [0.29, 0.717) is 6.54 Å². The first-order valence-electron chi connectivity index (χ1n) is 7.25. The Kier molecular flexibility index (Phi) is 5.02. The van der Waals surface area contributed by atoms with Gasteiger partial charge in [0.25, 0.3) is 5.56 Å². The van der Waals surface area contributed by atoms with Crippen molar-refractivity contribution < 1.29 is 18.3 Å². The van der Waals surface area contributed by atoms with E-state index in [1.54, 1.807) is 0 Å². The van der Waals surface area contributed by atoms with Crippen LogP contribution < -0.4 is 5.56 Å². The molecule has 122 valence electrons. The maximum atomic E-state index is 12.4. The third kappa shape index (κ3) is 3.56. The summed E-state index contributed by atoms with van der Waals surface area (Å²) in [5.41, 5.74) is -1.04. The zero-order chi connectivity index (χ0) is 16.3. The van der Waals surface area contributed by atoms with Crippen LogP contribution in [0.15, 0.2) is 23.1 Å². The number of carboxylic acids is 1. The molecule has 1 aliphatic heterocycles. The molecular weight excluding hydrogens is 308 g/mol. The minimum atomic E-state index is -3.45. The standard InChI is InChI=1S/C14H20N2O5S/c1-11-5-2-3-8-16(11)22(20,21)10-9-15-7-4-6-12(13(15)17)14(18)19/h4,6-7,11H,2-3,5,8-10H2,1H3,(H,18,19)/t11-/m0/s1. The Labute approximate surface area is 129 Å². The Hall–Kier alpha value is -1.67. The quantitative estimate of drug-likeness (QED) is 0.860. The van der Waals surface area contributed by atoms with Crippen LogP contribution in [0.5, 0.6) is 0 Å². The number of rotatable bonds is 5. The number of nitrogens with zero attached hydrogens (tertiary/aromatic N) is 2. The fourth-order valence-electron chi connectivity index (χ4n) is 2.69. The largest absolute Gasteiger partial charge is 0.477 e. The normalized spacial score (nSPS) is 20.0. The van der Waals surface area contributed by atoms with Gasteiger partial charge >= 0.3 is 5.97 Å². The minimum Gasteiger partial charge on any atom is -0.477 e. The molecule has 1 aliphatic rings. The first kappa shape index (κ1) is 16.7. The Bertz CT molecular complexity index is 710. The molecule has 1 N–H and O–H groups in total. The zero-order valence-corrected chi connectivity index (χ0v) is 13.3.